The zero-order valence-corrected chi connectivity index (χ0v) is 15.0. The quantitative estimate of drug-likeness (QED) is 0.603. The Morgan fingerprint density at radius 2 is 2.00 bits per heavy atom. The minimum atomic E-state index is -3.42. The molecule has 1 rings (SSSR count). The summed E-state index contributed by atoms with van der Waals surface area (Å²) in [5, 5.41) is 1.74. The number of methoxy groups -OCH3 is 1. The van der Waals surface area contributed by atoms with E-state index >= 15 is 0 Å². The van der Waals surface area contributed by atoms with Crippen LogP contribution in [-0.2, 0) is 19.6 Å². The number of carbonyl (C=O) groups is 1. The van der Waals surface area contributed by atoms with Gasteiger partial charge in [-0.2, -0.15) is 0 Å². The van der Waals surface area contributed by atoms with Crippen molar-refractivity contribution in [2.45, 2.75) is 23.5 Å². The fourth-order valence-electron chi connectivity index (χ4n) is 1.90. The lowest BCUT2D eigenvalue weighted by atomic mass is 10.2. The molecule has 22 heavy (non-hydrogen) atoms. The zero-order valence-electron chi connectivity index (χ0n) is 13.3. The van der Waals surface area contributed by atoms with Gasteiger partial charge in [-0.1, -0.05) is 6.07 Å². The number of nitrogens with zero attached hydrogens (tertiary/aromatic N) is 2. The molecule has 8 heteroatoms. The van der Waals surface area contributed by atoms with Crippen LogP contribution in [0.3, 0.4) is 0 Å². The molecule has 0 bridgehead atoms. The fourth-order valence-corrected chi connectivity index (χ4v) is 4.31. The Morgan fingerprint density at radius 1 is 1.27 bits per heavy atom. The molecule has 0 aliphatic heterocycles. The van der Waals surface area contributed by atoms with Gasteiger partial charge in [0, 0.05) is 47.3 Å². The van der Waals surface area contributed by atoms with Gasteiger partial charge in [-0.25, -0.2) is 12.7 Å². The van der Waals surface area contributed by atoms with Gasteiger partial charge < -0.3 is 9.64 Å². The first-order valence-electron chi connectivity index (χ1n) is 7.12. The maximum atomic E-state index is 12.2. The lowest BCUT2D eigenvalue weighted by Crippen LogP contribution is -2.31. The highest BCUT2D eigenvalue weighted by molar-refractivity contribution is 7.91. The molecule has 0 unspecified atom stereocenters. The van der Waals surface area contributed by atoms with Crippen molar-refractivity contribution in [3.8, 4) is 0 Å². The molecule has 0 N–H and O–H groups in total. The molecule has 0 fully saturated rings. The van der Waals surface area contributed by atoms with E-state index in [1.807, 2.05) is 0 Å². The molecule has 0 aliphatic rings. The molecule has 0 radical (unpaired) electrons. The highest BCUT2D eigenvalue weighted by atomic mass is 32.2. The van der Waals surface area contributed by atoms with Crippen LogP contribution in [0.4, 0.5) is 0 Å². The molecule has 0 atom stereocenters. The van der Waals surface area contributed by atoms with Gasteiger partial charge in [0.15, 0.2) is 0 Å². The molecule has 0 saturated heterocycles. The first-order chi connectivity index (χ1) is 10.4. The van der Waals surface area contributed by atoms with Gasteiger partial charge in [-0.3, -0.25) is 4.79 Å². The average Bonchev–Trinajstić information content (AvgIpc) is 3.01. The lowest BCUT2D eigenvalue weighted by Gasteiger charge is -2.19. The zero-order chi connectivity index (χ0) is 16.6. The molecule has 1 aromatic heterocycles. The average molecular weight is 348 g/mol. The second kappa shape index (κ2) is 9.24. The largest absolute Gasteiger partial charge is 0.385 e. The lowest BCUT2D eigenvalue weighted by molar-refractivity contribution is -0.130. The molecule has 6 nitrogen and oxygen atoms in total. The Kier molecular flexibility index (Phi) is 8.02. The maximum absolute atomic E-state index is 12.2. The topological polar surface area (TPSA) is 66.9 Å². The number of hydrogen-bond acceptors (Lipinski definition) is 5. The normalized spacial score (nSPS) is 11.8. The van der Waals surface area contributed by atoms with Crippen molar-refractivity contribution in [1.29, 1.82) is 0 Å². The Balaban J connectivity index is 2.36. The maximum Gasteiger partial charge on any atom is 0.252 e. The summed E-state index contributed by atoms with van der Waals surface area (Å²) in [6, 6.07) is 3.30. The van der Waals surface area contributed by atoms with E-state index in [0.717, 1.165) is 6.42 Å². The number of rotatable bonds is 10. The summed E-state index contributed by atoms with van der Waals surface area (Å²) < 4.78 is 31.0. The smallest absolute Gasteiger partial charge is 0.252 e. The van der Waals surface area contributed by atoms with E-state index in [-0.39, 0.29) is 5.91 Å². The van der Waals surface area contributed by atoms with Crippen molar-refractivity contribution in [2.24, 2.45) is 0 Å². The third-order valence-corrected chi connectivity index (χ3v) is 6.52. The Hall–Kier alpha value is -0.960. The number of amides is 1. The summed E-state index contributed by atoms with van der Waals surface area (Å²) in [4.78, 5) is 13.6. The molecule has 0 saturated carbocycles. The number of carbonyl (C=O) groups excluding carboxylic acids is 1. The fraction of sp³-hybridized carbons (Fsp3) is 0.643. The predicted octanol–water partition coefficient (Wildman–Crippen LogP) is 1.64. The van der Waals surface area contributed by atoms with Crippen LogP contribution in [0.1, 0.15) is 19.3 Å². The van der Waals surface area contributed by atoms with Gasteiger partial charge in [0.25, 0.3) is 10.0 Å². The number of sulfonamides is 1. The molecule has 1 aromatic rings. The van der Waals surface area contributed by atoms with Crippen LogP contribution in [0.5, 0.6) is 0 Å². The standard InChI is InChI=1S/C14H24N2O4S2/c1-15(9-6-11-20-3)13(17)7-4-10-16(2)22(18,19)14-8-5-12-21-14/h5,8,12H,4,6-7,9-11H2,1-3H3. The third-order valence-electron chi connectivity index (χ3n) is 3.29. The van der Waals surface area contributed by atoms with Crippen molar-refractivity contribution >= 4 is 27.3 Å². The molecule has 1 heterocycles. The van der Waals surface area contributed by atoms with Crippen molar-refractivity contribution in [3.05, 3.63) is 17.5 Å². The van der Waals surface area contributed by atoms with Crippen LogP contribution in [0.25, 0.3) is 0 Å². The SMILES string of the molecule is COCCCN(C)C(=O)CCCN(C)S(=O)(=O)c1cccs1. The number of hydrogen-bond donors (Lipinski definition) is 0. The second-order valence-corrected chi connectivity index (χ2v) is 8.24. The summed E-state index contributed by atoms with van der Waals surface area (Å²) in [7, 11) is 1.51. The van der Waals surface area contributed by atoms with E-state index < -0.39 is 10.0 Å². The van der Waals surface area contributed by atoms with Gasteiger partial charge in [0.1, 0.15) is 4.21 Å². The van der Waals surface area contributed by atoms with Gasteiger partial charge in [-0.05, 0) is 24.3 Å². The first-order valence-corrected chi connectivity index (χ1v) is 9.44. The number of thiophene rings is 1. The van der Waals surface area contributed by atoms with Crippen LogP contribution in [0.15, 0.2) is 21.7 Å². The van der Waals surface area contributed by atoms with E-state index in [9.17, 15) is 13.2 Å². The minimum Gasteiger partial charge on any atom is -0.385 e. The van der Waals surface area contributed by atoms with Crippen molar-refractivity contribution in [2.75, 3.05) is 40.9 Å². The third kappa shape index (κ3) is 5.68. The predicted molar refractivity (Wildman–Crippen MR) is 87.5 cm³/mol. The second-order valence-electron chi connectivity index (χ2n) is 5.02. The van der Waals surface area contributed by atoms with E-state index in [1.54, 1.807) is 43.6 Å². The summed E-state index contributed by atoms with van der Waals surface area (Å²) in [6.45, 7) is 1.60. The van der Waals surface area contributed by atoms with Crippen molar-refractivity contribution < 1.29 is 17.9 Å². The van der Waals surface area contributed by atoms with Gasteiger partial charge in [0.2, 0.25) is 5.91 Å². The van der Waals surface area contributed by atoms with Gasteiger partial charge in [-0.15, -0.1) is 11.3 Å². The van der Waals surface area contributed by atoms with E-state index in [1.165, 1.54) is 15.6 Å². The molecular weight excluding hydrogens is 324 g/mol. The van der Waals surface area contributed by atoms with E-state index in [2.05, 4.69) is 0 Å². The number of ether oxygens (including phenoxy) is 1. The van der Waals surface area contributed by atoms with E-state index in [4.69, 9.17) is 4.74 Å². The Morgan fingerprint density at radius 3 is 2.59 bits per heavy atom. The Labute approximate surface area is 136 Å². The Bertz CT molecular complexity index is 543. The van der Waals surface area contributed by atoms with Gasteiger partial charge >= 0.3 is 0 Å². The molecule has 0 aromatic carbocycles. The van der Waals surface area contributed by atoms with Crippen molar-refractivity contribution in [3.63, 3.8) is 0 Å². The monoisotopic (exact) mass is 348 g/mol. The van der Waals surface area contributed by atoms with Crippen LogP contribution in [0.2, 0.25) is 0 Å². The minimum absolute atomic E-state index is 0.0259. The summed E-state index contributed by atoms with van der Waals surface area (Å²) in [6.07, 6.45) is 1.65. The molecule has 1 amide bonds. The summed E-state index contributed by atoms with van der Waals surface area (Å²) >= 11 is 1.20. The van der Waals surface area contributed by atoms with Crippen LogP contribution >= 0.6 is 11.3 Å². The molecule has 0 aliphatic carbocycles. The molecular formula is C14H24N2O4S2. The van der Waals surface area contributed by atoms with Crippen LogP contribution < -0.4 is 0 Å². The van der Waals surface area contributed by atoms with Crippen molar-refractivity contribution in [1.82, 2.24) is 9.21 Å². The van der Waals surface area contributed by atoms with Gasteiger partial charge in [0.05, 0.1) is 0 Å². The highest BCUT2D eigenvalue weighted by Gasteiger charge is 2.21. The van der Waals surface area contributed by atoms with Crippen LogP contribution in [-0.4, -0.2) is 64.4 Å². The molecule has 0 spiro atoms. The molecule has 126 valence electrons. The van der Waals surface area contributed by atoms with E-state index in [0.29, 0.717) is 36.7 Å². The van der Waals surface area contributed by atoms with Crippen LogP contribution in [0, 0.1) is 0 Å². The highest BCUT2D eigenvalue weighted by Crippen LogP contribution is 2.20. The summed E-state index contributed by atoms with van der Waals surface area (Å²) in [5.74, 6) is 0.0259. The summed E-state index contributed by atoms with van der Waals surface area (Å²) in [5.41, 5.74) is 0. The first kappa shape index (κ1) is 19.1.